The second-order valence-electron chi connectivity index (χ2n) is 5.15. The van der Waals surface area contributed by atoms with Crippen LogP contribution in [0.5, 0.6) is 0 Å². The Kier molecular flexibility index (Phi) is 5.00. The van der Waals surface area contributed by atoms with Crippen LogP contribution in [0.4, 0.5) is 5.82 Å². The van der Waals surface area contributed by atoms with Gasteiger partial charge in [0.25, 0.3) is 0 Å². The molecule has 0 bridgehead atoms. The monoisotopic (exact) mass is 238 g/mol. The molecule has 0 fully saturated rings. The molecule has 0 saturated heterocycles. The summed E-state index contributed by atoms with van der Waals surface area (Å²) in [7, 11) is 6.15. The van der Waals surface area contributed by atoms with Crippen LogP contribution in [0.15, 0.2) is 0 Å². The smallest absolute Gasteiger partial charge is 0.131 e. The van der Waals surface area contributed by atoms with Crippen molar-refractivity contribution in [3.63, 3.8) is 0 Å². The molecule has 0 saturated carbocycles. The number of nitrogens with one attached hydrogen (secondary N) is 1. The zero-order valence-corrected chi connectivity index (χ0v) is 12.0. The average Bonchev–Trinajstić information content (AvgIpc) is 2.51. The fourth-order valence-electron chi connectivity index (χ4n) is 2.11. The van der Waals surface area contributed by atoms with Crippen molar-refractivity contribution >= 4 is 5.82 Å². The van der Waals surface area contributed by atoms with E-state index in [1.165, 1.54) is 17.8 Å². The first-order valence-electron chi connectivity index (χ1n) is 6.35. The Morgan fingerprint density at radius 2 is 2.06 bits per heavy atom. The summed E-state index contributed by atoms with van der Waals surface area (Å²) in [6.45, 7) is 8.55. The molecule has 4 nitrogen and oxygen atoms in total. The zero-order valence-electron chi connectivity index (χ0n) is 12.0. The SMILES string of the molecule is CNCc1c(C)nn(C)c1N(C)CCC(C)C. The highest BCUT2D eigenvalue weighted by atomic mass is 15.4. The minimum atomic E-state index is 0.736. The third-order valence-electron chi connectivity index (χ3n) is 3.07. The Morgan fingerprint density at radius 1 is 1.41 bits per heavy atom. The van der Waals surface area contributed by atoms with Crippen LogP contribution in [0, 0.1) is 12.8 Å². The number of aryl methyl sites for hydroxylation is 2. The van der Waals surface area contributed by atoms with Crippen LogP contribution in [0.1, 0.15) is 31.5 Å². The van der Waals surface area contributed by atoms with E-state index in [2.05, 4.69) is 43.1 Å². The lowest BCUT2D eigenvalue weighted by Crippen LogP contribution is -2.24. The van der Waals surface area contributed by atoms with Gasteiger partial charge < -0.3 is 10.2 Å². The van der Waals surface area contributed by atoms with E-state index in [1.54, 1.807) is 0 Å². The molecule has 0 unspecified atom stereocenters. The molecule has 0 aliphatic carbocycles. The van der Waals surface area contributed by atoms with Gasteiger partial charge in [0.05, 0.1) is 5.69 Å². The van der Waals surface area contributed by atoms with E-state index in [-0.39, 0.29) is 0 Å². The van der Waals surface area contributed by atoms with Gasteiger partial charge in [-0.3, -0.25) is 4.68 Å². The van der Waals surface area contributed by atoms with Crippen LogP contribution in [0.2, 0.25) is 0 Å². The van der Waals surface area contributed by atoms with Crippen LogP contribution >= 0.6 is 0 Å². The van der Waals surface area contributed by atoms with Crippen molar-refractivity contribution in [3.05, 3.63) is 11.3 Å². The molecule has 0 aliphatic rings. The lowest BCUT2D eigenvalue weighted by molar-refractivity contribution is 0.577. The molecule has 98 valence electrons. The van der Waals surface area contributed by atoms with Gasteiger partial charge in [0.15, 0.2) is 0 Å². The van der Waals surface area contributed by atoms with Crippen LogP contribution in [0.25, 0.3) is 0 Å². The van der Waals surface area contributed by atoms with Crippen LogP contribution in [0.3, 0.4) is 0 Å². The van der Waals surface area contributed by atoms with Gasteiger partial charge in [-0.15, -0.1) is 0 Å². The molecule has 0 radical (unpaired) electrons. The largest absolute Gasteiger partial charge is 0.360 e. The third-order valence-corrected chi connectivity index (χ3v) is 3.07. The maximum absolute atomic E-state index is 4.51. The summed E-state index contributed by atoms with van der Waals surface area (Å²) < 4.78 is 1.99. The Morgan fingerprint density at radius 3 is 2.59 bits per heavy atom. The van der Waals surface area contributed by atoms with E-state index in [0.29, 0.717) is 0 Å². The number of hydrogen-bond donors (Lipinski definition) is 1. The van der Waals surface area contributed by atoms with E-state index in [9.17, 15) is 0 Å². The summed E-state index contributed by atoms with van der Waals surface area (Å²) in [5, 5.41) is 7.73. The number of aromatic nitrogens is 2. The van der Waals surface area contributed by atoms with E-state index >= 15 is 0 Å². The predicted molar refractivity (Wildman–Crippen MR) is 73.4 cm³/mol. The number of rotatable bonds is 6. The van der Waals surface area contributed by atoms with Gasteiger partial charge in [0.2, 0.25) is 0 Å². The molecular formula is C13H26N4. The Bertz CT molecular complexity index is 355. The highest BCUT2D eigenvalue weighted by Crippen LogP contribution is 2.22. The first-order valence-corrected chi connectivity index (χ1v) is 6.35. The topological polar surface area (TPSA) is 33.1 Å². The molecule has 17 heavy (non-hydrogen) atoms. The first-order chi connectivity index (χ1) is 7.97. The van der Waals surface area contributed by atoms with Gasteiger partial charge in [-0.05, 0) is 26.3 Å². The summed E-state index contributed by atoms with van der Waals surface area (Å²) >= 11 is 0. The molecule has 0 spiro atoms. The Labute approximate surface area is 105 Å². The first kappa shape index (κ1) is 14.0. The maximum atomic E-state index is 4.51. The highest BCUT2D eigenvalue weighted by molar-refractivity contribution is 5.49. The second-order valence-corrected chi connectivity index (χ2v) is 5.15. The lowest BCUT2D eigenvalue weighted by Gasteiger charge is -2.22. The number of hydrogen-bond acceptors (Lipinski definition) is 3. The van der Waals surface area contributed by atoms with Crippen LogP contribution < -0.4 is 10.2 Å². The maximum Gasteiger partial charge on any atom is 0.131 e. The molecule has 4 heteroatoms. The summed E-state index contributed by atoms with van der Waals surface area (Å²) in [5.41, 5.74) is 2.43. The van der Waals surface area contributed by atoms with Crippen molar-refractivity contribution in [2.75, 3.05) is 25.5 Å². The molecule has 1 aromatic rings. The van der Waals surface area contributed by atoms with Crippen molar-refractivity contribution in [2.45, 2.75) is 33.7 Å². The van der Waals surface area contributed by atoms with E-state index in [0.717, 1.165) is 24.7 Å². The quantitative estimate of drug-likeness (QED) is 0.822. The molecule has 0 aliphatic heterocycles. The van der Waals surface area contributed by atoms with Crippen molar-refractivity contribution in [3.8, 4) is 0 Å². The molecule has 1 N–H and O–H groups in total. The molecule has 0 aromatic carbocycles. The van der Waals surface area contributed by atoms with Crippen LogP contribution in [-0.4, -0.2) is 30.4 Å². The number of anilines is 1. The molecule has 1 rings (SSSR count). The van der Waals surface area contributed by atoms with Gasteiger partial charge in [-0.25, -0.2) is 0 Å². The van der Waals surface area contributed by atoms with Gasteiger partial charge in [-0.1, -0.05) is 13.8 Å². The van der Waals surface area contributed by atoms with Crippen molar-refractivity contribution in [2.24, 2.45) is 13.0 Å². The van der Waals surface area contributed by atoms with E-state index in [4.69, 9.17) is 0 Å². The fourth-order valence-corrected chi connectivity index (χ4v) is 2.11. The molecular weight excluding hydrogens is 212 g/mol. The summed E-state index contributed by atoms with van der Waals surface area (Å²) in [4.78, 5) is 2.31. The van der Waals surface area contributed by atoms with E-state index in [1.807, 2.05) is 18.8 Å². The van der Waals surface area contributed by atoms with Gasteiger partial charge in [-0.2, -0.15) is 5.10 Å². The molecule has 0 amide bonds. The van der Waals surface area contributed by atoms with Crippen LogP contribution in [-0.2, 0) is 13.6 Å². The van der Waals surface area contributed by atoms with Crippen molar-refractivity contribution < 1.29 is 0 Å². The zero-order chi connectivity index (χ0) is 13.0. The average molecular weight is 238 g/mol. The van der Waals surface area contributed by atoms with Crippen molar-refractivity contribution in [1.29, 1.82) is 0 Å². The predicted octanol–water partition coefficient (Wildman–Crippen LogP) is 1.93. The fraction of sp³-hybridized carbons (Fsp3) is 0.769. The Hall–Kier alpha value is -1.03. The van der Waals surface area contributed by atoms with E-state index < -0.39 is 0 Å². The molecule has 0 atom stereocenters. The second kappa shape index (κ2) is 6.05. The Balaban J connectivity index is 2.87. The molecule has 1 heterocycles. The highest BCUT2D eigenvalue weighted by Gasteiger charge is 2.16. The third kappa shape index (κ3) is 3.46. The molecule has 1 aromatic heterocycles. The standard InChI is InChI=1S/C13H26N4/c1-10(2)7-8-16(5)13-12(9-14-4)11(3)15-17(13)6/h10,14H,7-9H2,1-6H3. The minimum Gasteiger partial charge on any atom is -0.360 e. The van der Waals surface area contributed by atoms with Gasteiger partial charge in [0, 0.05) is 32.7 Å². The van der Waals surface area contributed by atoms with Gasteiger partial charge in [0.1, 0.15) is 5.82 Å². The van der Waals surface area contributed by atoms with Gasteiger partial charge >= 0.3 is 0 Å². The number of nitrogens with zero attached hydrogens (tertiary/aromatic N) is 3. The summed E-state index contributed by atoms with van der Waals surface area (Å²) in [6.07, 6.45) is 1.21. The summed E-state index contributed by atoms with van der Waals surface area (Å²) in [5.74, 6) is 1.97. The normalized spacial score (nSPS) is 11.2. The van der Waals surface area contributed by atoms with Crippen molar-refractivity contribution in [1.82, 2.24) is 15.1 Å². The minimum absolute atomic E-state index is 0.736. The summed E-state index contributed by atoms with van der Waals surface area (Å²) in [6, 6.07) is 0. The lowest BCUT2D eigenvalue weighted by atomic mass is 10.1.